The van der Waals surface area contributed by atoms with Crippen LogP contribution in [0.15, 0.2) is 24.3 Å². The first kappa shape index (κ1) is 14.3. The number of likely N-dealkylation sites (N-methyl/N-ethyl adjacent to an activating group) is 1. The lowest BCUT2D eigenvalue weighted by molar-refractivity contribution is 0.0447. The van der Waals surface area contributed by atoms with Gasteiger partial charge in [0.2, 0.25) is 0 Å². The molecule has 0 aliphatic carbocycles. The molecule has 1 aliphatic heterocycles. The summed E-state index contributed by atoms with van der Waals surface area (Å²) in [5, 5.41) is 10.5. The van der Waals surface area contributed by atoms with Crippen LogP contribution in [0.2, 0.25) is 0 Å². The Balaban J connectivity index is 2.02. The van der Waals surface area contributed by atoms with Gasteiger partial charge in [-0.3, -0.25) is 4.90 Å². The van der Waals surface area contributed by atoms with Gasteiger partial charge in [0, 0.05) is 18.7 Å². The summed E-state index contributed by atoms with van der Waals surface area (Å²) in [4.78, 5) is 2.21. The van der Waals surface area contributed by atoms with E-state index in [0.29, 0.717) is 6.04 Å². The summed E-state index contributed by atoms with van der Waals surface area (Å²) in [5.74, 6) is 0.807. The molecule has 1 fully saturated rings. The largest absolute Gasteiger partial charge is 0.497 e. The Morgan fingerprint density at radius 2 is 2.05 bits per heavy atom. The summed E-state index contributed by atoms with van der Waals surface area (Å²) in [7, 11) is 3.69. The fourth-order valence-corrected chi connectivity index (χ4v) is 2.48. The molecule has 2 rings (SSSR count). The molecule has 1 saturated heterocycles. The van der Waals surface area contributed by atoms with Crippen LogP contribution in [0.3, 0.4) is 0 Å². The van der Waals surface area contributed by atoms with Crippen molar-refractivity contribution in [2.24, 2.45) is 0 Å². The molecule has 1 aliphatic rings. The van der Waals surface area contributed by atoms with Gasteiger partial charge in [0.05, 0.1) is 19.8 Å². The van der Waals surface area contributed by atoms with E-state index in [0.717, 1.165) is 30.9 Å². The van der Waals surface area contributed by atoms with Gasteiger partial charge < -0.3 is 14.6 Å². The highest BCUT2D eigenvalue weighted by Gasteiger charge is 2.28. The minimum absolute atomic E-state index is 0.0556. The second-order valence-corrected chi connectivity index (χ2v) is 5.14. The Hall–Kier alpha value is -1.10. The van der Waals surface area contributed by atoms with Gasteiger partial charge in [-0.15, -0.1) is 0 Å². The van der Waals surface area contributed by atoms with Gasteiger partial charge in [-0.25, -0.2) is 0 Å². The van der Waals surface area contributed by atoms with E-state index < -0.39 is 6.10 Å². The predicted molar refractivity (Wildman–Crippen MR) is 74.4 cm³/mol. The maximum absolute atomic E-state index is 10.5. The van der Waals surface area contributed by atoms with Crippen molar-refractivity contribution in [3.8, 4) is 5.75 Å². The van der Waals surface area contributed by atoms with E-state index in [-0.39, 0.29) is 6.04 Å². The van der Waals surface area contributed by atoms with Crippen LogP contribution in [0, 0.1) is 0 Å². The number of ether oxygens (including phenoxy) is 2. The quantitative estimate of drug-likeness (QED) is 0.882. The van der Waals surface area contributed by atoms with E-state index in [1.54, 1.807) is 7.11 Å². The first-order valence-corrected chi connectivity index (χ1v) is 6.75. The zero-order chi connectivity index (χ0) is 13.8. The maximum atomic E-state index is 10.5. The number of rotatable bonds is 5. The summed E-state index contributed by atoms with van der Waals surface area (Å²) >= 11 is 0. The normalized spacial score (nSPS) is 22.5. The van der Waals surface area contributed by atoms with Crippen molar-refractivity contribution in [2.75, 3.05) is 27.4 Å². The molecule has 0 radical (unpaired) electrons. The number of hydrogen-bond donors (Lipinski definition) is 1. The number of benzene rings is 1. The number of nitrogens with zero attached hydrogens (tertiary/aromatic N) is 1. The van der Waals surface area contributed by atoms with Crippen LogP contribution in [-0.2, 0) is 4.74 Å². The van der Waals surface area contributed by atoms with Gasteiger partial charge in [0.15, 0.2) is 0 Å². The highest BCUT2D eigenvalue weighted by atomic mass is 16.5. The SMILES string of the molecule is COc1ccc(C(O)C(C)N(C)C2CCOC2)cc1. The third-order valence-corrected chi connectivity index (χ3v) is 4.04. The molecule has 0 spiro atoms. The Labute approximate surface area is 114 Å². The van der Waals surface area contributed by atoms with Crippen LogP contribution in [0.4, 0.5) is 0 Å². The highest BCUT2D eigenvalue weighted by molar-refractivity contribution is 5.29. The number of methoxy groups -OCH3 is 1. The number of aliphatic hydroxyl groups is 1. The Morgan fingerprint density at radius 3 is 2.58 bits per heavy atom. The molecule has 0 bridgehead atoms. The minimum atomic E-state index is -0.503. The van der Waals surface area contributed by atoms with Gasteiger partial charge in [0.25, 0.3) is 0 Å². The van der Waals surface area contributed by atoms with Crippen LogP contribution in [0.1, 0.15) is 25.0 Å². The van der Waals surface area contributed by atoms with Gasteiger partial charge in [-0.1, -0.05) is 12.1 Å². The first-order valence-electron chi connectivity index (χ1n) is 6.75. The monoisotopic (exact) mass is 265 g/mol. The molecule has 1 aromatic rings. The molecule has 0 aromatic heterocycles. The van der Waals surface area contributed by atoms with Gasteiger partial charge >= 0.3 is 0 Å². The van der Waals surface area contributed by atoms with Crippen molar-refractivity contribution in [3.63, 3.8) is 0 Å². The standard InChI is InChI=1S/C15H23NO3/c1-11(16(2)13-8-9-19-10-13)15(17)12-4-6-14(18-3)7-5-12/h4-7,11,13,15,17H,8-10H2,1-3H3. The maximum Gasteiger partial charge on any atom is 0.118 e. The molecule has 4 nitrogen and oxygen atoms in total. The fourth-order valence-electron chi connectivity index (χ4n) is 2.48. The van der Waals surface area contributed by atoms with E-state index in [1.165, 1.54) is 0 Å². The van der Waals surface area contributed by atoms with E-state index in [4.69, 9.17) is 9.47 Å². The van der Waals surface area contributed by atoms with Gasteiger partial charge in [-0.05, 0) is 38.1 Å². The minimum Gasteiger partial charge on any atom is -0.497 e. The van der Waals surface area contributed by atoms with Crippen LogP contribution in [-0.4, -0.2) is 49.5 Å². The van der Waals surface area contributed by atoms with Crippen LogP contribution in [0.25, 0.3) is 0 Å². The van der Waals surface area contributed by atoms with E-state index >= 15 is 0 Å². The molecule has 3 unspecified atom stereocenters. The lowest BCUT2D eigenvalue weighted by Gasteiger charge is -2.33. The molecule has 1 N–H and O–H groups in total. The van der Waals surface area contributed by atoms with Crippen molar-refractivity contribution in [1.82, 2.24) is 4.90 Å². The zero-order valence-electron chi connectivity index (χ0n) is 11.9. The van der Waals surface area contributed by atoms with Gasteiger partial charge in [-0.2, -0.15) is 0 Å². The van der Waals surface area contributed by atoms with Crippen molar-refractivity contribution >= 4 is 0 Å². The zero-order valence-corrected chi connectivity index (χ0v) is 11.9. The summed E-state index contributed by atoms with van der Waals surface area (Å²) in [5.41, 5.74) is 0.916. The Morgan fingerprint density at radius 1 is 1.37 bits per heavy atom. The lowest BCUT2D eigenvalue weighted by Crippen LogP contribution is -2.42. The van der Waals surface area contributed by atoms with Crippen LogP contribution < -0.4 is 4.74 Å². The molecule has 1 heterocycles. The number of hydrogen-bond acceptors (Lipinski definition) is 4. The molecule has 3 atom stereocenters. The predicted octanol–water partition coefficient (Wildman–Crippen LogP) is 1.84. The molecular weight excluding hydrogens is 242 g/mol. The third kappa shape index (κ3) is 3.26. The summed E-state index contributed by atoms with van der Waals surface area (Å²) in [6.45, 7) is 3.63. The highest BCUT2D eigenvalue weighted by Crippen LogP contribution is 2.25. The summed E-state index contributed by atoms with van der Waals surface area (Å²) < 4.78 is 10.5. The average molecular weight is 265 g/mol. The molecular formula is C15H23NO3. The molecule has 4 heteroatoms. The fraction of sp³-hybridized carbons (Fsp3) is 0.600. The van der Waals surface area contributed by atoms with E-state index in [1.807, 2.05) is 31.2 Å². The average Bonchev–Trinajstić information content (AvgIpc) is 2.99. The van der Waals surface area contributed by atoms with Crippen molar-refractivity contribution in [2.45, 2.75) is 31.5 Å². The smallest absolute Gasteiger partial charge is 0.118 e. The van der Waals surface area contributed by atoms with Crippen molar-refractivity contribution < 1.29 is 14.6 Å². The summed E-state index contributed by atoms with van der Waals surface area (Å²) in [6, 6.07) is 8.05. The Bertz CT molecular complexity index is 387. The van der Waals surface area contributed by atoms with Crippen LogP contribution >= 0.6 is 0 Å². The molecule has 1 aromatic carbocycles. The van der Waals surface area contributed by atoms with E-state index in [9.17, 15) is 5.11 Å². The number of aliphatic hydroxyl groups excluding tert-OH is 1. The topological polar surface area (TPSA) is 41.9 Å². The molecule has 106 valence electrons. The molecule has 0 amide bonds. The van der Waals surface area contributed by atoms with Gasteiger partial charge in [0.1, 0.15) is 5.75 Å². The lowest BCUT2D eigenvalue weighted by atomic mass is 10.0. The second kappa shape index (κ2) is 6.37. The second-order valence-electron chi connectivity index (χ2n) is 5.14. The van der Waals surface area contributed by atoms with Crippen molar-refractivity contribution in [3.05, 3.63) is 29.8 Å². The molecule has 19 heavy (non-hydrogen) atoms. The van der Waals surface area contributed by atoms with Crippen molar-refractivity contribution in [1.29, 1.82) is 0 Å². The third-order valence-electron chi connectivity index (χ3n) is 4.04. The summed E-state index contributed by atoms with van der Waals surface area (Å²) in [6.07, 6.45) is 0.535. The van der Waals surface area contributed by atoms with Crippen LogP contribution in [0.5, 0.6) is 5.75 Å². The first-order chi connectivity index (χ1) is 9.13. The molecule has 0 saturated carbocycles. The van der Waals surface area contributed by atoms with E-state index in [2.05, 4.69) is 11.9 Å². The Kier molecular flexibility index (Phi) is 4.80.